The Labute approximate surface area is 208 Å². The molecule has 2 aromatic rings. The Balaban J connectivity index is 1.59. The molecule has 34 heavy (non-hydrogen) atoms. The molecular formula is C21H22BrClN6O5. The number of carbonyl (C=O) groups excluding carboxylic acids is 2. The van der Waals surface area contributed by atoms with E-state index in [0.29, 0.717) is 33.3 Å². The molecule has 2 unspecified atom stereocenters. The van der Waals surface area contributed by atoms with E-state index in [1.807, 2.05) is 0 Å². The lowest BCUT2D eigenvalue weighted by molar-refractivity contribution is -0.137. The van der Waals surface area contributed by atoms with Crippen LogP contribution in [0.3, 0.4) is 0 Å². The predicted octanol–water partition coefficient (Wildman–Crippen LogP) is 1.29. The first-order valence-electron chi connectivity index (χ1n) is 10.1. The number of aromatic nitrogens is 1. The van der Waals surface area contributed by atoms with Crippen LogP contribution < -0.4 is 21.3 Å². The second kappa shape index (κ2) is 11.8. The summed E-state index contributed by atoms with van der Waals surface area (Å²) in [7, 11) is 0. The first-order valence-corrected chi connectivity index (χ1v) is 11.3. The number of aliphatic hydroxyl groups excluding tert-OH is 1. The van der Waals surface area contributed by atoms with Gasteiger partial charge in [0.25, 0.3) is 5.91 Å². The zero-order valence-electron chi connectivity index (χ0n) is 17.7. The van der Waals surface area contributed by atoms with Crippen LogP contribution in [0.2, 0.25) is 5.02 Å². The number of halogens is 2. The molecule has 2 heterocycles. The molecule has 2 amide bonds. The second-order valence-corrected chi connectivity index (χ2v) is 8.77. The average Bonchev–Trinajstić information content (AvgIpc) is 2.78. The van der Waals surface area contributed by atoms with Crippen LogP contribution in [0.25, 0.3) is 0 Å². The highest BCUT2D eigenvalue weighted by atomic mass is 79.9. The molecule has 11 nitrogen and oxygen atoms in total. The minimum Gasteiger partial charge on any atom is -0.481 e. The SMILES string of the molecule is O=C(O)CC(NC(=O)CNC(=O)c1cncc(NC2=NCC(O)CN2)c1)c1cc(Cl)cc(Br)c1. The largest absolute Gasteiger partial charge is 0.481 e. The maximum atomic E-state index is 12.5. The highest BCUT2D eigenvalue weighted by Crippen LogP contribution is 2.25. The van der Waals surface area contributed by atoms with Gasteiger partial charge in [-0.3, -0.25) is 24.4 Å². The van der Waals surface area contributed by atoms with E-state index < -0.39 is 29.9 Å². The van der Waals surface area contributed by atoms with Crippen LogP contribution in [0.5, 0.6) is 0 Å². The van der Waals surface area contributed by atoms with Crippen molar-refractivity contribution in [2.75, 3.05) is 25.0 Å². The van der Waals surface area contributed by atoms with E-state index in [1.165, 1.54) is 18.5 Å². The third kappa shape index (κ3) is 7.68. The number of aliphatic carboxylic acids is 1. The maximum Gasteiger partial charge on any atom is 0.305 e. The van der Waals surface area contributed by atoms with Crippen molar-refractivity contribution in [1.82, 2.24) is 20.9 Å². The molecule has 1 aromatic carbocycles. The predicted molar refractivity (Wildman–Crippen MR) is 129 cm³/mol. The van der Waals surface area contributed by atoms with Gasteiger partial charge in [0.15, 0.2) is 5.96 Å². The molecule has 1 aromatic heterocycles. The summed E-state index contributed by atoms with van der Waals surface area (Å²) in [5.74, 6) is -1.77. The Bertz CT molecular complexity index is 1090. The molecule has 0 radical (unpaired) electrons. The van der Waals surface area contributed by atoms with Crippen LogP contribution in [0.4, 0.5) is 5.69 Å². The monoisotopic (exact) mass is 552 g/mol. The molecule has 0 fully saturated rings. The summed E-state index contributed by atoms with van der Waals surface area (Å²) in [5.41, 5.74) is 1.21. The van der Waals surface area contributed by atoms with Crippen molar-refractivity contribution in [2.24, 2.45) is 4.99 Å². The minimum absolute atomic E-state index is 0.204. The van der Waals surface area contributed by atoms with Gasteiger partial charge in [-0.2, -0.15) is 0 Å². The van der Waals surface area contributed by atoms with E-state index in [2.05, 4.69) is 47.2 Å². The number of anilines is 1. The molecule has 2 atom stereocenters. The van der Waals surface area contributed by atoms with Gasteiger partial charge in [0.1, 0.15) is 0 Å². The van der Waals surface area contributed by atoms with E-state index in [9.17, 15) is 24.6 Å². The molecule has 3 rings (SSSR count). The van der Waals surface area contributed by atoms with Crippen molar-refractivity contribution < 1.29 is 24.6 Å². The summed E-state index contributed by atoms with van der Waals surface area (Å²) in [5, 5.41) is 30.0. The zero-order valence-corrected chi connectivity index (χ0v) is 20.1. The molecule has 6 N–H and O–H groups in total. The normalized spacial score (nSPS) is 16.0. The number of carboxylic acids is 1. The Morgan fingerprint density at radius 3 is 2.71 bits per heavy atom. The molecule has 1 aliphatic heterocycles. The van der Waals surface area contributed by atoms with E-state index >= 15 is 0 Å². The Morgan fingerprint density at radius 1 is 1.24 bits per heavy atom. The van der Waals surface area contributed by atoms with E-state index in [0.717, 1.165) is 0 Å². The smallest absolute Gasteiger partial charge is 0.305 e. The third-order valence-corrected chi connectivity index (χ3v) is 5.32. The summed E-state index contributed by atoms with van der Waals surface area (Å²) < 4.78 is 0.638. The van der Waals surface area contributed by atoms with Gasteiger partial charge in [-0.15, -0.1) is 0 Å². The van der Waals surface area contributed by atoms with Gasteiger partial charge in [0, 0.05) is 22.2 Å². The number of hydrogen-bond acceptors (Lipinski definition) is 8. The van der Waals surface area contributed by atoms with Crippen LogP contribution in [0.15, 0.2) is 46.1 Å². The summed E-state index contributed by atoms with van der Waals surface area (Å²) in [6.07, 6.45) is 1.93. The minimum atomic E-state index is -1.10. The number of carbonyl (C=O) groups is 3. The van der Waals surface area contributed by atoms with E-state index in [4.69, 9.17) is 11.6 Å². The van der Waals surface area contributed by atoms with Crippen molar-refractivity contribution in [3.8, 4) is 0 Å². The first kappa shape index (κ1) is 25.4. The molecule has 13 heteroatoms. The molecule has 0 saturated carbocycles. The van der Waals surface area contributed by atoms with Crippen molar-refractivity contribution >= 4 is 57.0 Å². The Hall–Kier alpha value is -3.22. The van der Waals surface area contributed by atoms with Gasteiger partial charge in [-0.05, 0) is 29.8 Å². The number of amides is 2. The number of benzene rings is 1. The summed E-state index contributed by atoms with van der Waals surface area (Å²) >= 11 is 9.33. The lowest BCUT2D eigenvalue weighted by Gasteiger charge is -2.20. The lowest BCUT2D eigenvalue weighted by atomic mass is 10.0. The quantitative estimate of drug-likeness (QED) is 0.285. The van der Waals surface area contributed by atoms with E-state index in [-0.39, 0.29) is 25.1 Å². The Kier molecular flexibility index (Phi) is 8.79. The summed E-state index contributed by atoms with van der Waals surface area (Å²) in [4.78, 5) is 44.4. The number of guanidine groups is 1. The van der Waals surface area contributed by atoms with Crippen LogP contribution in [0, 0.1) is 0 Å². The number of pyridine rings is 1. The van der Waals surface area contributed by atoms with Crippen molar-refractivity contribution in [3.05, 3.63) is 57.3 Å². The number of rotatable bonds is 8. The number of hydrogen-bond donors (Lipinski definition) is 6. The van der Waals surface area contributed by atoms with E-state index in [1.54, 1.807) is 18.2 Å². The Morgan fingerprint density at radius 2 is 2.03 bits per heavy atom. The van der Waals surface area contributed by atoms with Crippen LogP contribution in [0.1, 0.15) is 28.4 Å². The molecule has 180 valence electrons. The summed E-state index contributed by atoms with van der Waals surface area (Å²) in [6, 6.07) is 5.56. The van der Waals surface area contributed by atoms with Gasteiger partial charge >= 0.3 is 5.97 Å². The van der Waals surface area contributed by atoms with Crippen molar-refractivity contribution in [1.29, 1.82) is 0 Å². The molecule has 0 bridgehead atoms. The standard InChI is InChI=1S/C21H22BrClN6O5/c22-13-1-11(2-14(23)4-13)17(5-19(32)33)29-18(31)10-25-20(34)12-3-15(7-24-6-12)28-21-26-8-16(30)9-27-21/h1-4,6-7,16-17,30H,5,8-10H2,(H,25,34)(H,29,31)(H,32,33)(H2,26,27,28). The fraction of sp³-hybridized carbons (Fsp3) is 0.286. The van der Waals surface area contributed by atoms with Gasteiger partial charge in [-0.1, -0.05) is 27.5 Å². The summed E-state index contributed by atoms with van der Waals surface area (Å²) in [6.45, 7) is 0.233. The fourth-order valence-corrected chi connectivity index (χ4v) is 3.98. The van der Waals surface area contributed by atoms with Gasteiger partial charge in [-0.25, -0.2) is 0 Å². The topological polar surface area (TPSA) is 165 Å². The molecular weight excluding hydrogens is 532 g/mol. The number of aliphatic imine (C=N–C) groups is 1. The second-order valence-electron chi connectivity index (χ2n) is 7.41. The first-order chi connectivity index (χ1) is 16.2. The number of nitrogens with zero attached hydrogens (tertiary/aromatic N) is 2. The fourth-order valence-electron chi connectivity index (χ4n) is 3.10. The highest BCUT2D eigenvalue weighted by molar-refractivity contribution is 9.10. The zero-order chi connectivity index (χ0) is 24.7. The molecule has 0 saturated heterocycles. The third-order valence-electron chi connectivity index (χ3n) is 4.64. The van der Waals surface area contributed by atoms with Gasteiger partial charge < -0.3 is 31.5 Å². The van der Waals surface area contributed by atoms with Crippen molar-refractivity contribution in [2.45, 2.75) is 18.6 Å². The van der Waals surface area contributed by atoms with Gasteiger partial charge in [0.05, 0.1) is 49.1 Å². The van der Waals surface area contributed by atoms with Crippen LogP contribution in [-0.2, 0) is 9.59 Å². The molecule has 0 aliphatic carbocycles. The number of aliphatic hydroxyl groups is 1. The number of β-amino-alcohol motifs (C(OH)–C–C–N with tert-alkyl or cyclic N) is 1. The average molecular weight is 554 g/mol. The van der Waals surface area contributed by atoms with Crippen molar-refractivity contribution in [3.63, 3.8) is 0 Å². The number of carboxylic acid groups (broad SMARTS) is 1. The lowest BCUT2D eigenvalue weighted by Crippen LogP contribution is -2.42. The molecule has 1 aliphatic rings. The van der Waals surface area contributed by atoms with Gasteiger partial charge in [0.2, 0.25) is 5.91 Å². The number of nitrogens with one attached hydrogen (secondary N) is 4. The van der Waals surface area contributed by atoms with Crippen LogP contribution >= 0.6 is 27.5 Å². The molecule has 0 spiro atoms. The van der Waals surface area contributed by atoms with Crippen LogP contribution in [-0.4, -0.2) is 64.7 Å². The maximum absolute atomic E-state index is 12.5. The highest BCUT2D eigenvalue weighted by Gasteiger charge is 2.20.